The molecule has 1 aliphatic rings. The maximum absolute atomic E-state index is 11.8. The number of aromatic nitrogens is 1. The number of halogens is 1. The van der Waals surface area contributed by atoms with Gasteiger partial charge in [-0.15, -0.1) is 0 Å². The van der Waals surface area contributed by atoms with Gasteiger partial charge in [0.05, 0.1) is 16.8 Å². The van der Waals surface area contributed by atoms with Crippen molar-refractivity contribution in [1.29, 1.82) is 0 Å². The number of carbonyl (C=O) groups excluding carboxylic acids is 1. The van der Waals surface area contributed by atoms with Gasteiger partial charge in [0, 0.05) is 24.0 Å². The second kappa shape index (κ2) is 5.80. The zero-order valence-corrected chi connectivity index (χ0v) is 11.5. The van der Waals surface area contributed by atoms with Crippen molar-refractivity contribution in [3.05, 3.63) is 52.8 Å². The lowest BCUT2D eigenvalue weighted by atomic mass is 10.2. The van der Waals surface area contributed by atoms with Gasteiger partial charge in [0.15, 0.2) is 11.5 Å². The molecule has 1 N–H and O–H groups in total. The molecule has 0 spiro atoms. The average molecular weight is 304 g/mol. The van der Waals surface area contributed by atoms with E-state index in [1.807, 2.05) is 0 Å². The minimum atomic E-state index is -0.351. The van der Waals surface area contributed by atoms with E-state index in [-0.39, 0.29) is 12.7 Å². The topological polar surface area (TPSA) is 72.8 Å². The molecule has 6 nitrogen and oxygen atoms in total. The highest BCUT2D eigenvalue weighted by Crippen LogP contribution is 2.36. The summed E-state index contributed by atoms with van der Waals surface area (Å²) in [5.74, 6) is 0.840. The van der Waals surface area contributed by atoms with Gasteiger partial charge in [-0.1, -0.05) is 11.6 Å². The van der Waals surface area contributed by atoms with Crippen molar-refractivity contribution in [2.45, 2.75) is 0 Å². The first-order chi connectivity index (χ1) is 10.2. The zero-order chi connectivity index (χ0) is 14.7. The first-order valence-electron chi connectivity index (χ1n) is 6.06. The van der Waals surface area contributed by atoms with E-state index in [1.54, 1.807) is 30.5 Å². The molecule has 1 aromatic carbocycles. The number of nitrogens with zero attached hydrogens (tertiary/aromatic N) is 2. The molecule has 0 atom stereocenters. The van der Waals surface area contributed by atoms with E-state index in [2.05, 4.69) is 15.5 Å². The van der Waals surface area contributed by atoms with Crippen LogP contribution in [0.5, 0.6) is 11.5 Å². The maximum atomic E-state index is 11.8. The van der Waals surface area contributed by atoms with Crippen molar-refractivity contribution < 1.29 is 14.3 Å². The molecule has 0 aliphatic carbocycles. The summed E-state index contributed by atoms with van der Waals surface area (Å²) in [6.07, 6.45) is 4.49. The maximum Gasteiger partial charge on any atom is 0.272 e. The Balaban J connectivity index is 1.71. The van der Waals surface area contributed by atoms with Gasteiger partial charge >= 0.3 is 0 Å². The van der Waals surface area contributed by atoms with Crippen molar-refractivity contribution in [3.8, 4) is 11.5 Å². The van der Waals surface area contributed by atoms with E-state index in [0.717, 1.165) is 0 Å². The number of pyridine rings is 1. The predicted molar refractivity (Wildman–Crippen MR) is 76.9 cm³/mol. The molecule has 0 unspecified atom stereocenters. The quantitative estimate of drug-likeness (QED) is 0.697. The van der Waals surface area contributed by atoms with E-state index in [0.29, 0.717) is 27.6 Å². The summed E-state index contributed by atoms with van der Waals surface area (Å²) >= 11 is 6.09. The van der Waals surface area contributed by atoms with Gasteiger partial charge in [0.2, 0.25) is 6.79 Å². The smallest absolute Gasteiger partial charge is 0.272 e. The van der Waals surface area contributed by atoms with Crippen LogP contribution in [0.25, 0.3) is 0 Å². The third-order valence-electron chi connectivity index (χ3n) is 2.79. The molecule has 0 bridgehead atoms. The molecule has 7 heteroatoms. The number of hydrogen-bond donors (Lipinski definition) is 1. The summed E-state index contributed by atoms with van der Waals surface area (Å²) in [5.41, 5.74) is 3.44. The Kier molecular flexibility index (Phi) is 3.70. The minimum absolute atomic E-state index is 0.171. The lowest BCUT2D eigenvalue weighted by Gasteiger charge is -2.02. The number of benzene rings is 1. The summed E-state index contributed by atoms with van der Waals surface area (Å²) in [6, 6.07) is 6.66. The number of nitrogens with one attached hydrogen (secondary N) is 1. The molecule has 1 aliphatic heterocycles. The molecule has 1 aromatic heterocycles. The van der Waals surface area contributed by atoms with E-state index < -0.39 is 0 Å². The number of hydrogen-bond acceptors (Lipinski definition) is 5. The third kappa shape index (κ3) is 2.95. The van der Waals surface area contributed by atoms with Crippen LogP contribution in [0.15, 0.2) is 41.8 Å². The van der Waals surface area contributed by atoms with Crippen LogP contribution < -0.4 is 14.9 Å². The lowest BCUT2D eigenvalue weighted by Crippen LogP contribution is -2.17. The van der Waals surface area contributed by atoms with Gasteiger partial charge in [0.1, 0.15) is 0 Å². The zero-order valence-electron chi connectivity index (χ0n) is 10.7. The van der Waals surface area contributed by atoms with Crippen molar-refractivity contribution in [1.82, 2.24) is 10.4 Å². The van der Waals surface area contributed by atoms with Gasteiger partial charge in [-0.25, -0.2) is 5.43 Å². The van der Waals surface area contributed by atoms with E-state index in [1.165, 1.54) is 12.4 Å². The Labute approximate surface area is 125 Å². The summed E-state index contributed by atoms with van der Waals surface area (Å²) in [5, 5.41) is 4.33. The van der Waals surface area contributed by atoms with Crippen LogP contribution in [0.3, 0.4) is 0 Å². The van der Waals surface area contributed by atoms with Crippen LogP contribution in [0.4, 0.5) is 0 Å². The van der Waals surface area contributed by atoms with Crippen molar-refractivity contribution >= 4 is 23.7 Å². The number of carbonyl (C=O) groups is 1. The fraction of sp³-hybridized carbons (Fsp3) is 0.0714. The van der Waals surface area contributed by atoms with Crippen LogP contribution in [0.1, 0.15) is 15.9 Å². The monoisotopic (exact) mass is 303 g/mol. The number of amides is 1. The van der Waals surface area contributed by atoms with E-state index in [4.69, 9.17) is 21.1 Å². The first-order valence-corrected chi connectivity index (χ1v) is 6.44. The van der Waals surface area contributed by atoms with Crippen molar-refractivity contribution in [2.24, 2.45) is 5.10 Å². The molecule has 2 aromatic rings. The molecule has 0 radical (unpaired) electrons. The number of hydrazone groups is 1. The van der Waals surface area contributed by atoms with Gasteiger partial charge in [-0.3, -0.25) is 9.78 Å². The first kappa shape index (κ1) is 13.4. The molecule has 1 amide bonds. The Morgan fingerprint density at radius 1 is 1.38 bits per heavy atom. The van der Waals surface area contributed by atoms with Crippen LogP contribution in [0, 0.1) is 0 Å². The molecular weight excluding hydrogens is 294 g/mol. The second-order valence-electron chi connectivity index (χ2n) is 4.17. The molecule has 3 rings (SSSR count). The molecule has 0 saturated carbocycles. The highest BCUT2D eigenvalue weighted by molar-refractivity contribution is 6.33. The normalized spacial score (nSPS) is 12.6. The fourth-order valence-corrected chi connectivity index (χ4v) is 1.96. The lowest BCUT2D eigenvalue weighted by molar-refractivity contribution is 0.0955. The van der Waals surface area contributed by atoms with Crippen LogP contribution in [-0.4, -0.2) is 23.9 Å². The number of rotatable bonds is 3. The Morgan fingerprint density at radius 3 is 2.95 bits per heavy atom. The highest BCUT2D eigenvalue weighted by atomic mass is 35.5. The summed E-state index contributed by atoms with van der Waals surface area (Å²) in [4.78, 5) is 15.6. The summed E-state index contributed by atoms with van der Waals surface area (Å²) in [6.45, 7) is 0.171. The Morgan fingerprint density at radius 2 is 2.19 bits per heavy atom. The Bertz CT molecular complexity index is 704. The predicted octanol–water partition coefficient (Wildman–Crippen LogP) is 2.23. The third-order valence-corrected chi connectivity index (χ3v) is 3.11. The molecule has 106 valence electrons. The molecule has 0 fully saturated rings. The van der Waals surface area contributed by atoms with Crippen molar-refractivity contribution in [3.63, 3.8) is 0 Å². The fourth-order valence-electron chi connectivity index (χ4n) is 1.75. The number of fused-ring (bicyclic) bond motifs is 1. The van der Waals surface area contributed by atoms with Crippen molar-refractivity contribution in [2.75, 3.05) is 6.79 Å². The minimum Gasteiger partial charge on any atom is -0.454 e. The highest BCUT2D eigenvalue weighted by Gasteiger charge is 2.15. The largest absolute Gasteiger partial charge is 0.454 e. The average Bonchev–Trinajstić information content (AvgIpc) is 2.95. The SMILES string of the molecule is O=C(N/N=C\c1cc2c(cc1Cl)OCO2)c1cccnc1. The van der Waals surface area contributed by atoms with E-state index in [9.17, 15) is 4.79 Å². The number of ether oxygens (including phenoxy) is 2. The van der Waals surface area contributed by atoms with E-state index >= 15 is 0 Å². The Hall–Kier alpha value is -2.60. The molecule has 0 saturated heterocycles. The van der Waals surface area contributed by atoms with Crippen LogP contribution >= 0.6 is 11.6 Å². The summed E-state index contributed by atoms with van der Waals surface area (Å²) < 4.78 is 10.5. The molecular formula is C14H10ClN3O3. The van der Waals surface area contributed by atoms with Gasteiger partial charge in [-0.2, -0.15) is 5.10 Å². The molecule has 2 heterocycles. The summed E-state index contributed by atoms with van der Waals surface area (Å²) in [7, 11) is 0. The van der Waals surface area contributed by atoms with Gasteiger partial charge in [-0.05, 0) is 18.2 Å². The van der Waals surface area contributed by atoms with Crippen LogP contribution in [0.2, 0.25) is 5.02 Å². The van der Waals surface area contributed by atoms with Gasteiger partial charge < -0.3 is 9.47 Å². The second-order valence-corrected chi connectivity index (χ2v) is 4.58. The van der Waals surface area contributed by atoms with Crippen LogP contribution in [-0.2, 0) is 0 Å². The van der Waals surface area contributed by atoms with Gasteiger partial charge in [0.25, 0.3) is 5.91 Å². The standard InChI is InChI=1S/C14H10ClN3O3/c15-11-5-13-12(20-8-21-13)4-10(11)7-17-18-14(19)9-2-1-3-16-6-9/h1-7H,8H2,(H,18,19)/b17-7-. The molecule has 21 heavy (non-hydrogen) atoms.